The third-order valence-electron chi connectivity index (χ3n) is 21.0. The molecule has 1 heterocycles. The summed E-state index contributed by atoms with van der Waals surface area (Å²) < 4.78 is -1.49. The van der Waals surface area contributed by atoms with Crippen molar-refractivity contribution in [2.24, 2.45) is 57.7 Å². The Bertz CT molecular complexity index is 4170. The second-order valence-corrected chi connectivity index (χ2v) is 34.0. The molecule has 0 bridgehead atoms. The molecule has 3 rings (SSSR count). The molecular weight excluding hydrogens is 1740 g/mol. The van der Waals surface area contributed by atoms with Gasteiger partial charge in [0, 0.05) is 42.9 Å². The van der Waals surface area contributed by atoms with E-state index in [-0.39, 0.29) is 132 Å². The lowest BCUT2D eigenvalue weighted by atomic mass is 9.95. The molecule has 50 heteroatoms. The minimum absolute atomic E-state index is 0.0854. The minimum atomic E-state index is -2.07. The number of hydrogen-bond donors (Lipinski definition) is 32. The van der Waals surface area contributed by atoms with Crippen LogP contribution in [0.2, 0.25) is 0 Å². The van der Waals surface area contributed by atoms with Crippen LogP contribution < -0.4 is 126 Å². The molecule has 728 valence electrons. The molecule has 0 saturated carbocycles. The van der Waals surface area contributed by atoms with E-state index in [1.807, 2.05) is 0 Å². The number of aromatic hydroxyl groups is 2. The standard InChI is InChI=1S/C80H133N25O23S2/c1-9-38(4)59(101-72(121)56-33-45(110)35-105(56)77(126)58(87)37(2)3)73(122)104-62(80(7,8)130)76(125)98-52(31-41-12-16-43(108)17-13-41)70(119)103-61(40(6)107)75(124)97-53(34-57(86)111)69(118)91-46(11-10-30-90-79(88)89)63(112)95-51(24-29-85)68(117)102-60(39(5)106)74(123)96-50(23-28-84)66(115)93-48(21-26-82)64(113)92-47(20-25-81)65(114)94-49(22-27-83)67(116)100-55(36-129)71(120)99-54(78(127)128)32-42-14-18-44(109)19-15-42/h12-19,37-40,45-56,58-62,106-110,129-130H,9-11,20-36,81-85,87H2,1-8H3,(H2,86,111)(H,91,118)(H,92,113)(H,93,115)(H,94,114)(H,95,112)(H,96,123)(H,97,124)(H,98,125)(H,99,120)(H,100,116)(H,101,121)(H,102,117)(H,103,119)(H,104,122)(H,127,128)(H4,88,89,90)/t38-,39+,40+,45+,46-,47-,48-,49-,50+,51-,52-,53-,54-,55-,56-,58-,59-,60-,61-,62+/m0/s1. The molecule has 1 saturated heterocycles. The summed E-state index contributed by atoms with van der Waals surface area (Å²) in [5, 5.41) is 107. The van der Waals surface area contributed by atoms with E-state index in [0.29, 0.717) is 5.56 Å². The van der Waals surface area contributed by atoms with Crippen molar-refractivity contribution < 1.29 is 112 Å². The Morgan fingerprint density at radius 3 is 1.18 bits per heavy atom. The predicted molar refractivity (Wildman–Crippen MR) is 478 cm³/mol. The predicted octanol–water partition coefficient (Wildman–Crippen LogP) is -11.0. The van der Waals surface area contributed by atoms with E-state index >= 15 is 0 Å². The molecule has 16 amide bonds. The molecule has 0 radical (unpaired) electrons. The number of thiol groups is 2. The number of phenols is 2. The SMILES string of the molecule is CC[C@H](C)[C@H](NC(=O)[C@@H]1C[C@@H](O)CN1C(=O)[C@@H](N)C(C)C)C(=O)N[C@H](C(=O)N[C@@H](Cc1ccc(O)cc1)C(=O)N[C@H](C(=O)N[C@@H](CC(N)=O)C(=O)N[C@@H](CCCNC(=N)N)C(=O)N[C@@H](CCN)C(=O)N[C@H](C(=O)N[C@H](CCN)C(=O)N[C@@H](CCN)C(=O)N[C@@H](CCN)C(=O)N[C@@H](CCN)C(=O)N[C@@H](CS)C(=O)N[C@@H](Cc1ccc(O)cc1)C(=O)O)[C@@H](C)O)[C@@H](C)O)C(C)(C)S. The number of nitrogens with zero attached hydrogens (tertiary/aromatic N) is 1. The molecule has 1 aliphatic heterocycles. The Morgan fingerprint density at radius 1 is 0.477 bits per heavy atom. The summed E-state index contributed by atoms with van der Waals surface area (Å²) in [6.45, 7) is 10.0. The lowest BCUT2D eigenvalue weighted by Crippen LogP contribution is -2.64. The van der Waals surface area contributed by atoms with E-state index in [1.54, 1.807) is 27.7 Å². The van der Waals surface area contributed by atoms with Crippen LogP contribution in [0.3, 0.4) is 0 Å². The van der Waals surface area contributed by atoms with Crippen molar-refractivity contribution in [1.29, 1.82) is 5.41 Å². The number of carboxylic acid groups (broad SMARTS) is 1. The number of rotatable bonds is 57. The first kappa shape index (κ1) is 113. The number of guanidine groups is 1. The van der Waals surface area contributed by atoms with Crippen molar-refractivity contribution in [2.45, 2.75) is 252 Å². The number of carboxylic acids is 1. The fraction of sp³-hybridized carbons (Fsp3) is 0.625. The van der Waals surface area contributed by atoms with Gasteiger partial charge in [-0.3, -0.25) is 82.1 Å². The van der Waals surface area contributed by atoms with Crippen LogP contribution in [0.25, 0.3) is 0 Å². The zero-order chi connectivity index (χ0) is 98.3. The number of aliphatic hydroxyl groups excluding tert-OH is 3. The van der Waals surface area contributed by atoms with Crippen LogP contribution in [0.1, 0.15) is 131 Å². The highest BCUT2D eigenvalue weighted by Gasteiger charge is 2.46. The highest BCUT2D eigenvalue weighted by molar-refractivity contribution is 7.81. The fourth-order valence-corrected chi connectivity index (χ4v) is 13.7. The van der Waals surface area contributed by atoms with Gasteiger partial charge in [0.1, 0.15) is 102 Å². The van der Waals surface area contributed by atoms with Crippen LogP contribution in [0, 0.1) is 17.2 Å². The number of nitrogens with one attached hydrogen (secondary N) is 16. The maximum absolute atomic E-state index is 14.7. The third-order valence-corrected chi connectivity index (χ3v) is 21.6. The first-order chi connectivity index (χ1) is 61.0. The average molecular weight is 1880 g/mol. The van der Waals surface area contributed by atoms with Crippen molar-refractivity contribution in [3.05, 3.63) is 59.7 Å². The van der Waals surface area contributed by atoms with Gasteiger partial charge in [-0.25, -0.2) is 4.79 Å². The van der Waals surface area contributed by atoms with Gasteiger partial charge in [-0.2, -0.15) is 25.3 Å². The zero-order valence-electron chi connectivity index (χ0n) is 74.0. The lowest BCUT2D eigenvalue weighted by molar-refractivity contribution is -0.142. The van der Waals surface area contributed by atoms with Crippen molar-refractivity contribution in [3.63, 3.8) is 0 Å². The van der Waals surface area contributed by atoms with E-state index in [2.05, 4.69) is 105 Å². The minimum Gasteiger partial charge on any atom is -0.508 e. The number of β-amino-alcohol motifs (C(OH)–C–C–N with tert-alkyl or cyclic N) is 1. The van der Waals surface area contributed by atoms with Crippen LogP contribution in [0.5, 0.6) is 11.5 Å². The zero-order valence-corrected chi connectivity index (χ0v) is 75.8. The number of hydrogen-bond acceptors (Lipinski definition) is 31. The summed E-state index contributed by atoms with van der Waals surface area (Å²) in [6, 6.07) is -15.0. The Hall–Kier alpha value is -11.4. The van der Waals surface area contributed by atoms with Crippen LogP contribution in [0.4, 0.5) is 0 Å². The molecule has 38 N–H and O–H groups in total. The molecule has 0 unspecified atom stereocenters. The average Bonchev–Trinajstić information content (AvgIpc) is 1.61. The maximum Gasteiger partial charge on any atom is 0.326 e. The van der Waals surface area contributed by atoms with E-state index in [1.165, 1.54) is 62.4 Å². The van der Waals surface area contributed by atoms with Crippen molar-refractivity contribution in [2.75, 3.05) is 51.6 Å². The normalized spacial score (nSPS) is 17.3. The van der Waals surface area contributed by atoms with E-state index in [0.717, 1.165) is 18.7 Å². The van der Waals surface area contributed by atoms with Gasteiger partial charge in [0.2, 0.25) is 94.5 Å². The number of benzene rings is 2. The van der Waals surface area contributed by atoms with Gasteiger partial charge in [-0.1, -0.05) is 58.4 Å². The topological polar surface area (TPSA) is 827 Å². The summed E-state index contributed by atoms with van der Waals surface area (Å²) in [5.74, 6) is -20.7. The number of likely N-dealkylation sites (tertiary alicyclic amines) is 1. The smallest absolute Gasteiger partial charge is 0.326 e. The second kappa shape index (κ2) is 55.6. The van der Waals surface area contributed by atoms with Crippen LogP contribution in [0.15, 0.2) is 48.5 Å². The number of amides is 16. The molecular formula is C80H133N25O23S2. The van der Waals surface area contributed by atoms with Crippen molar-refractivity contribution >= 4 is 132 Å². The number of aliphatic hydroxyl groups is 3. The molecule has 2 aromatic rings. The molecule has 0 aromatic heterocycles. The number of nitrogens with two attached hydrogens (primary N) is 8. The maximum atomic E-state index is 14.7. The molecule has 0 aliphatic carbocycles. The lowest BCUT2D eigenvalue weighted by Gasteiger charge is -2.34. The number of phenolic OH excluding ortho intramolecular Hbond substituents is 2. The first-order valence-electron chi connectivity index (χ1n) is 42.4. The number of aliphatic carboxylic acids is 1. The van der Waals surface area contributed by atoms with E-state index in [4.69, 9.17) is 51.3 Å². The third kappa shape index (κ3) is 37.2. The number of primary amides is 1. The number of carbonyl (C=O) groups excluding carboxylic acids is 16. The summed E-state index contributed by atoms with van der Waals surface area (Å²) in [6.07, 6.45) is -8.45. The Balaban J connectivity index is 1.90. The summed E-state index contributed by atoms with van der Waals surface area (Å²) in [5.41, 5.74) is 47.3. The molecule has 20 atom stereocenters. The largest absolute Gasteiger partial charge is 0.508 e. The van der Waals surface area contributed by atoms with Gasteiger partial charge in [-0.05, 0) is 153 Å². The fourth-order valence-electron chi connectivity index (χ4n) is 13.3. The second-order valence-electron chi connectivity index (χ2n) is 32.5. The summed E-state index contributed by atoms with van der Waals surface area (Å²) in [7, 11) is 0. The van der Waals surface area contributed by atoms with Crippen molar-refractivity contribution in [3.8, 4) is 11.5 Å². The van der Waals surface area contributed by atoms with E-state index in [9.17, 15) is 112 Å². The molecule has 1 aliphatic rings. The van der Waals surface area contributed by atoms with Gasteiger partial charge in [0.15, 0.2) is 5.96 Å². The molecule has 0 spiro atoms. The number of carbonyl (C=O) groups is 17. The van der Waals surface area contributed by atoms with Gasteiger partial charge in [0.05, 0.1) is 30.8 Å². The van der Waals surface area contributed by atoms with Crippen LogP contribution >= 0.6 is 25.3 Å². The van der Waals surface area contributed by atoms with Gasteiger partial charge >= 0.3 is 5.97 Å². The van der Waals surface area contributed by atoms with Crippen LogP contribution in [-0.4, -0.2) is 313 Å². The summed E-state index contributed by atoms with van der Waals surface area (Å²) in [4.78, 5) is 239. The Morgan fingerprint density at radius 2 is 0.815 bits per heavy atom. The highest BCUT2D eigenvalue weighted by Crippen LogP contribution is 2.24. The van der Waals surface area contributed by atoms with Gasteiger partial charge in [0.25, 0.3) is 0 Å². The Kier molecular flexibility index (Phi) is 48.3. The first-order valence-corrected chi connectivity index (χ1v) is 43.4. The molecule has 130 heavy (non-hydrogen) atoms. The summed E-state index contributed by atoms with van der Waals surface area (Å²) >= 11 is 8.78. The molecule has 48 nitrogen and oxygen atoms in total. The van der Waals surface area contributed by atoms with Crippen molar-refractivity contribution in [1.82, 2.24) is 84.7 Å². The monoisotopic (exact) mass is 1880 g/mol. The van der Waals surface area contributed by atoms with E-state index < -0.39 is 251 Å². The van der Waals surface area contributed by atoms with Gasteiger partial charge < -0.3 is 161 Å². The molecule has 2 aromatic carbocycles. The highest BCUT2D eigenvalue weighted by atomic mass is 32.1. The Labute approximate surface area is 763 Å². The van der Waals surface area contributed by atoms with Gasteiger partial charge in [-0.15, -0.1) is 0 Å². The molecule has 1 fully saturated rings. The quantitative estimate of drug-likeness (QED) is 0.0127. The van der Waals surface area contributed by atoms with Crippen LogP contribution in [-0.2, 0) is 94.3 Å².